The maximum absolute atomic E-state index is 5.61. The van der Waals surface area contributed by atoms with E-state index in [9.17, 15) is 0 Å². The first kappa shape index (κ1) is 21.9. The highest BCUT2D eigenvalue weighted by Crippen LogP contribution is 2.17. The van der Waals surface area contributed by atoms with E-state index < -0.39 is 0 Å². The third kappa shape index (κ3) is 6.10. The van der Waals surface area contributed by atoms with E-state index >= 15 is 0 Å². The lowest BCUT2D eigenvalue weighted by Gasteiger charge is -2.04. The van der Waals surface area contributed by atoms with Crippen molar-refractivity contribution in [3.05, 3.63) is 96.1 Å². The van der Waals surface area contributed by atoms with Crippen LogP contribution in [-0.2, 0) is 9.47 Å². The van der Waals surface area contributed by atoms with Gasteiger partial charge in [-0.1, -0.05) is 84.9 Å². The number of aliphatic imine (C=N–C) groups is 2. The van der Waals surface area contributed by atoms with E-state index in [0.717, 1.165) is 11.1 Å². The van der Waals surface area contributed by atoms with Crippen LogP contribution in [0.15, 0.2) is 94.9 Å². The van der Waals surface area contributed by atoms with Crippen LogP contribution in [0.4, 0.5) is 0 Å². The zero-order valence-corrected chi connectivity index (χ0v) is 18.2. The molecule has 0 aliphatic rings. The van der Waals surface area contributed by atoms with E-state index in [0.29, 0.717) is 39.5 Å². The van der Waals surface area contributed by atoms with Crippen LogP contribution in [0.3, 0.4) is 0 Å². The van der Waals surface area contributed by atoms with Gasteiger partial charge in [0.1, 0.15) is 0 Å². The second-order valence-corrected chi connectivity index (χ2v) is 7.43. The number of hydrogen-bond donors (Lipinski definition) is 0. The van der Waals surface area contributed by atoms with Crippen molar-refractivity contribution in [2.75, 3.05) is 39.5 Å². The van der Waals surface area contributed by atoms with Gasteiger partial charge in [0, 0.05) is 23.6 Å². The second kappa shape index (κ2) is 11.9. The van der Waals surface area contributed by atoms with Gasteiger partial charge in [-0.05, 0) is 21.5 Å². The van der Waals surface area contributed by atoms with Crippen molar-refractivity contribution in [1.29, 1.82) is 0 Å². The molecule has 4 heteroatoms. The molecule has 0 heterocycles. The molecule has 4 rings (SSSR count). The molecular formula is C28H28N2O2. The Hall–Kier alpha value is -3.34. The van der Waals surface area contributed by atoms with Crippen molar-refractivity contribution in [1.82, 2.24) is 0 Å². The molecule has 4 nitrogen and oxygen atoms in total. The van der Waals surface area contributed by atoms with Crippen LogP contribution < -0.4 is 0 Å². The fourth-order valence-electron chi connectivity index (χ4n) is 3.61. The molecule has 0 aliphatic carbocycles. The van der Waals surface area contributed by atoms with Gasteiger partial charge in [0.15, 0.2) is 0 Å². The Labute approximate surface area is 189 Å². The number of fused-ring (bicyclic) bond motifs is 2. The molecule has 0 amide bonds. The Bertz CT molecular complexity index is 1090. The minimum absolute atomic E-state index is 0.566. The summed E-state index contributed by atoms with van der Waals surface area (Å²) in [7, 11) is 0. The molecule has 4 aromatic rings. The lowest BCUT2D eigenvalue weighted by Crippen LogP contribution is -2.08. The molecular weight excluding hydrogens is 396 g/mol. The molecule has 0 atom stereocenters. The molecule has 0 N–H and O–H groups in total. The normalized spacial score (nSPS) is 11.9. The third-order valence-electron chi connectivity index (χ3n) is 5.21. The smallest absolute Gasteiger partial charge is 0.0701 e. The summed E-state index contributed by atoms with van der Waals surface area (Å²) < 4.78 is 11.2. The topological polar surface area (TPSA) is 43.2 Å². The quantitative estimate of drug-likeness (QED) is 0.234. The van der Waals surface area contributed by atoms with E-state index in [4.69, 9.17) is 9.47 Å². The van der Waals surface area contributed by atoms with Gasteiger partial charge in [0.25, 0.3) is 0 Å². The minimum atomic E-state index is 0.566. The monoisotopic (exact) mass is 424 g/mol. The molecule has 0 saturated heterocycles. The van der Waals surface area contributed by atoms with Gasteiger partial charge in [0.2, 0.25) is 0 Å². The lowest BCUT2D eigenvalue weighted by atomic mass is 10.1. The van der Waals surface area contributed by atoms with Gasteiger partial charge in [-0.15, -0.1) is 0 Å². The van der Waals surface area contributed by atoms with Crippen LogP contribution in [0.1, 0.15) is 11.1 Å². The van der Waals surface area contributed by atoms with Crippen molar-refractivity contribution >= 4 is 34.0 Å². The number of rotatable bonds is 11. The van der Waals surface area contributed by atoms with Gasteiger partial charge in [-0.2, -0.15) is 0 Å². The van der Waals surface area contributed by atoms with E-state index in [1.54, 1.807) is 0 Å². The largest absolute Gasteiger partial charge is 0.377 e. The number of ether oxygens (including phenoxy) is 2. The highest BCUT2D eigenvalue weighted by molar-refractivity contribution is 6.00. The molecule has 0 aromatic heterocycles. The fraction of sp³-hybridized carbons (Fsp3) is 0.214. The van der Waals surface area contributed by atoms with Crippen LogP contribution in [0.25, 0.3) is 21.5 Å². The lowest BCUT2D eigenvalue weighted by molar-refractivity contribution is 0.0541. The zero-order valence-electron chi connectivity index (χ0n) is 18.2. The Morgan fingerprint density at radius 2 is 0.938 bits per heavy atom. The molecule has 0 bridgehead atoms. The van der Waals surface area contributed by atoms with Crippen LogP contribution in [0.5, 0.6) is 0 Å². The second-order valence-electron chi connectivity index (χ2n) is 7.43. The van der Waals surface area contributed by atoms with Crippen LogP contribution in [0.2, 0.25) is 0 Å². The highest BCUT2D eigenvalue weighted by Gasteiger charge is 1.98. The molecule has 0 saturated carbocycles. The number of hydrogen-bond acceptors (Lipinski definition) is 4. The molecule has 32 heavy (non-hydrogen) atoms. The summed E-state index contributed by atoms with van der Waals surface area (Å²) in [6, 6.07) is 29.2. The molecule has 0 radical (unpaired) electrons. The summed E-state index contributed by atoms with van der Waals surface area (Å²) in [6.45, 7) is 3.58. The van der Waals surface area contributed by atoms with Crippen LogP contribution in [0, 0.1) is 0 Å². The van der Waals surface area contributed by atoms with E-state index in [1.807, 2.05) is 12.4 Å². The Morgan fingerprint density at radius 3 is 1.44 bits per heavy atom. The predicted molar refractivity (Wildman–Crippen MR) is 134 cm³/mol. The average Bonchev–Trinajstić information content (AvgIpc) is 2.85. The Morgan fingerprint density at radius 1 is 0.500 bits per heavy atom. The standard InChI is InChI=1S/C28H28N2O2/c1-3-13-27-23(7-1)9-5-11-25(27)21-29-15-17-31-19-20-32-18-16-30-22-26-12-6-10-24-8-2-4-14-28(24)26/h1-14,21-22H,15-20H2. The highest BCUT2D eigenvalue weighted by atomic mass is 16.5. The molecule has 0 unspecified atom stereocenters. The first-order valence-corrected chi connectivity index (χ1v) is 11.0. The van der Waals surface area contributed by atoms with Crippen LogP contribution >= 0.6 is 0 Å². The molecule has 0 fully saturated rings. The first-order valence-electron chi connectivity index (χ1n) is 11.0. The SMILES string of the molecule is C(=NCCOCCOCCN=Cc1cccc2ccccc12)c1cccc2ccccc12. The molecule has 4 aromatic carbocycles. The van der Waals surface area contributed by atoms with Crippen molar-refractivity contribution in [3.63, 3.8) is 0 Å². The van der Waals surface area contributed by atoms with E-state index in [-0.39, 0.29) is 0 Å². The summed E-state index contributed by atoms with van der Waals surface area (Å²) in [4.78, 5) is 8.98. The predicted octanol–water partition coefficient (Wildman–Crippen LogP) is 5.56. The van der Waals surface area contributed by atoms with E-state index in [2.05, 4.69) is 94.9 Å². The van der Waals surface area contributed by atoms with Gasteiger partial charge in [0.05, 0.1) is 39.5 Å². The summed E-state index contributed by atoms with van der Waals surface area (Å²) >= 11 is 0. The van der Waals surface area contributed by atoms with Crippen molar-refractivity contribution in [3.8, 4) is 0 Å². The van der Waals surface area contributed by atoms with Gasteiger partial charge in [-0.3, -0.25) is 9.98 Å². The minimum Gasteiger partial charge on any atom is -0.377 e. The third-order valence-corrected chi connectivity index (χ3v) is 5.21. The summed E-state index contributed by atoms with van der Waals surface area (Å²) in [5.74, 6) is 0. The average molecular weight is 425 g/mol. The Kier molecular flexibility index (Phi) is 8.13. The number of benzene rings is 4. The molecule has 0 aliphatic heterocycles. The van der Waals surface area contributed by atoms with Crippen molar-refractivity contribution in [2.45, 2.75) is 0 Å². The van der Waals surface area contributed by atoms with Gasteiger partial charge >= 0.3 is 0 Å². The first-order chi connectivity index (χ1) is 15.9. The zero-order chi connectivity index (χ0) is 21.8. The summed E-state index contributed by atoms with van der Waals surface area (Å²) in [5.41, 5.74) is 2.27. The van der Waals surface area contributed by atoms with Gasteiger partial charge < -0.3 is 9.47 Å². The van der Waals surface area contributed by atoms with E-state index in [1.165, 1.54) is 21.5 Å². The maximum atomic E-state index is 5.61. The molecule has 162 valence electrons. The molecule has 0 spiro atoms. The summed E-state index contributed by atoms with van der Waals surface area (Å²) in [6.07, 6.45) is 3.85. The fourth-order valence-corrected chi connectivity index (χ4v) is 3.61. The Balaban J connectivity index is 1.08. The number of nitrogens with zero attached hydrogens (tertiary/aromatic N) is 2. The van der Waals surface area contributed by atoms with Crippen molar-refractivity contribution in [2.24, 2.45) is 9.98 Å². The van der Waals surface area contributed by atoms with Crippen LogP contribution in [-0.4, -0.2) is 51.9 Å². The van der Waals surface area contributed by atoms with Crippen molar-refractivity contribution < 1.29 is 9.47 Å². The summed E-state index contributed by atoms with van der Waals surface area (Å²) in [5, 5.41) is 4.89. The maximum Gasteiger partial charge on any atom is 0.0701 e. The van der Waals surface area contributed by atoms with Gasteiger partial charge in [-0.25, -0.2) is 0 Å².